The highest BCUT2D eigenvalue weighted by Crippen LogP contribution is 2.40. The molecule has 1 aliphatic heterocycles. The Morgan fingerprint density at radius 2 is 1.90 bits per heavy atom. The van der Waals surface area contributed by atoms with Gasteiger partial charge in [0.25, 0.3) is 0 Å². The van der Waals surface area contributed by atoms with Gasteiger partial charge < -0.3 is 9.67 Å². The molecular formula is C23H21FN2O3. The Balaban J connectivity index is 1.80. The largest absolute Gasteiger partial charge is 0.477 e. The Morgan fingerprint density at radius 3 is 2.59 bits per heavy atom. The minimum Gasteiger partial charge on any atom is -0.477 e. The number of pyridine rings is 1. The lowest BCUT2D eigenvalue weighted by molar-refractivity contribution is 0.0695. The molecule has 1 aliphatic carbocycles. The summed E-state index contributed by atoms with van der Waals surface area (Å²) in [5.74, 6) is -1.78. The maximum Gasteiger partial charge on any atom is 0.341 e. The van der Waals surface area contributed by atoms with Gasteiger partial charge in [-0.15, -0.1) is 0 Å². The van der Waals surface area contributed by atoms with Gasteiger partial charge in [0.05, 0.1) is 5.52 Å². The van der Waals surface area contributed by atoms with E-state index in [0.29, 0.717) is 16.6 Å². The van der Waals surface area contributed by atoms with Crippen molar-refractivity contribution in [1.29, 1.82) is 0 Å². The predicted octanol–water partition coefficient (Wildman–Crippen LogP) is 4.09. The lowest BCUT2D eigenvalue weighted by Gasteiger charge is -2.18. The molecule has 2 heterocycles. The number of benzene rings is 2. The van der Waals surface area contributed by atoms with Crippen LogP contribution in [0.5, 0.6) is 0 Å². The molecule has 0 saturated heterocycles. The third-order valence-electron chi connectivity index (χ3n) is 6.06. The number of nitrogens with zero attached hydrogens (tertiary/aromatic N) is 2. The number of carboxylic acid groups (broad SMARTS) is 1. The fourth-order valence-corrected chi connectivity index (χ4v) is 4.55. The van der Waals surface area contributed by atoms with E-state index in [4.69, 9.17) is 0 Å². The summed E-state index contributed by atoms with van der Waals surface area (Å²) in [6, 6.07) is 7.37. The van der Waals surface area contributed by atoms with E-state index >= 15 is 4.39 Å². The number of fused-ring (bicyclic) bond motifs is 2. The van der Waals surface area contributed by atoms with Gasteiger partial charge in [0, 0.05) is 36.3 Å². The van der Waals surface area contributed by atoms with E-state index in [1.54, 1.807) is 0 Å². The van der Waals surface area contributed by atoms with Crippen molar-refractivity contribution in [3.05, 3.63) is 68.8 Å². The molecular weight excluding hydrogens is 371 g/mol. The molecule has 0 amide bonds. The van der Waals surface area contributed by atoms with E-state index in [9.17, 15) is 14.7 Å². The zero-order valence-electron chi connectivity index (χ0n) is 16.3. The summed E-state index contributed by atoms with van der Waals surface area (Å²) < 4.78 is 17.1. The number of hydrogen-bond donors (Lipinski definition) is 1. The Labute approximate surface area is 167 Å². The molecule has 0 spiro atoms. The van der Waals surface area contributed by atoms with Crippen LogP contribution in [0.15, 0.2) is 35.3 Å². The quantitative estimate of drug-likeness (QED) is 0.729. The van der Waals surface area contributed by atoms with Gasteiger partial charge >= 0.3 is 5.97 Å². The highest BCUT2D eigenvalue weighted by atomic mass is 19.1. The van der Waals surface area contributed by atoms with Crippen LogP contribution in [-0.4, -0.2) is 27.6 Å². The van der Waals surface area contributed by atoms with Crippen LogP contribution >= 0.6 is 0 Å². The number of hydrogen-bond acceptors (Lipinski definition) is 3. The average Bonchev–Trinajstić information content (AvgIpc) is 3.43. The summed E-state index contributed by atoms with van der Waals surface area (Å²) in [7, 11) is 2.05. The normalized spacial score (nSPS) is 16.4. The minimum atomic E-state index is -1.28. The fraction of sp³-hybridized carbons (Fsp3) is 0.304. The van der Waals surface area contributed by atoms with Crippen molar-refractivity contribution in [3.63, 3.8) is 0 Å². The number of aryl methyl sites for hydroxylation is 1. The van der Waals surface area contributed by atoms with Crippen LogP contribution in [-0.2, 0) is 13.1 Å². The van der Waals surface area contributed by atoms with Crippen LogP contribution in [0, 0.1) is 12.7 Å². The Hall–Kier alpha value is -2.99. The molecule has 0 unspecified atom stereocenters. The molecule has 148 valence electrons. The highest BCUT2D eigenvalue weighted by Gasteiger charge is 2.29. The summed E-state index contributed by atoms with van der Waals surface area (Å²) in [5, 5.41) is 9.56. The van der Waals surface area contributed by atoms with Gasteiger partial charge in [-0.25, -0.2) is 9.18 Å². The van der Waals surface area contributed by atoms with Crippen LogP contribution < -0.4 is 5.43 Å². The monoisotopic (exact) mass is 392 g/mol. The highest BCUT2D eigenvalue weighted by molar-refractivity contribution is 5.96. The van der Waals surface area contributed by atoms with Gasteiger partial charge in [-0.05, 0) is 61.2 Å². The van der Waals surface area contributed by atoms with E-state index in [2.05, 4.69) is 11.9 Å². The van der Waals surface area contributed by atoms with Gasteiger partial charge in [-0.2, -0.15) is 0 Å². The second-order valence-electron chi connectivity index (χ2n) is 8.23. The summed E-state index contributed by atoms with van der Waals surface area (Å²) >= 11 is 0. The molecule has 3 aromatic rings. The van der Waals surface area contributed by atoms with E-state index < -0.39 is 17.2 Å². The van der Waals surface area contributed by atoms with Gasteiger partial charge in [-0.1, -0.05) is 12.1 Å². The van der Waals surface area contributed by atoms with Crippen LogP contribution in [0.4, 0.5) is 4.39 Å². The number of aromatic carboxylic acids is 1. The third-order valence-corrected chi connectivity index (χ3v) is 6.06. The standard InChI is InChI=1S/C23H21FN2O3/c1-12-20(13-3-4-14-9-25(2)10-15(14)7-13)19(24)8-17-21(12)26(16-5-6-16)11-18(22(17)27)23(28)29/h3-4,7-8,11,16H,5-6,9-10H2,1-2H3,(H,28,29). The molecule has 5 nitrogen and oxygen atoms in total. The smallest absolute Gasteiger partial charge is 0.341 e. The lowest BCUT2D eigenvalue weighted by atomic mass is 9.94. The maximum atomic E-state index is 15.2. The van der Waals surface area contributed by atoms with Crippen LogP contribution in [0.2, 0.25) is 0 Å². The second kappa shape index (κ2) is 6.26. The van der Waals surface area contributed by atoms with E-state index in [-0.39, 0.29) is 17.0 Å². The van der Waals surface area contributed by atoms with Gasteiger partial charge in [0.15, 0.2) is 0 Å². The molecule has 29 heavy (non-hydrogen) atoms. The zero-order valence-corrected chi connectivity index (χ0v) is 16.3. The fourth-order valence-electron chi connectivity index (χ4n) is 4.55. The van der Waals surface area contributed by atoms with E-state index in [1.807, 2.05) is 29.7 Å². The summed E-state index contributed by atoms with van der Waals surface area (Å²) in [5.41, 5.74) is 4.06. The number of halogens is 1. The Bertz CT molecular complexity index is 1260. The second-order valence-corrected chi connectivity index (χ2v) is 8.23. The molecule has 2 aromatic carbocycles. The Morgan fingerprint density at radius 1 is 1.17 bits per heavy atom. The molecule has 5 rings (SSSR count). The summed E-state index contributed by atoms with van der Waals surface area (Å²) in [6.07, 6.45) is 3.28. The van der Waals surface area contributed by atoms with Crippen molar-refractivity contribution in [2.75, 3.05) is 7.05 Å². The summed E-state index contributed by atoms with van der Waals surface area (Å²) in [4.78, 5) is 26.5. The van der Waals surface area contributed by atoms with E-state index in [0.717, 1.165) is 31.5 Å². The van der Waals surface area contributed by atoms with Crippen LogP contribution in [0.3, 0.4) is 0 Å². The first-order valence-corrected chi connectivity index (χ1v) is 9.77. The minimum absolute atomic E-state index is 0.136. The first kappa shape index (κ1) is 18.1. The van der Waals surface area contributed by atoms with Crippen LogP contribution in [0.25, 0.3) is 22.0 Å². The molecule has 0 bridgehead atoms. The van der Waals surface area contributed by atoms with Crippen molar-refractivity contribution < 1.29 is 14.3 Å². The van der Waals surface area contributed by atoms with Crippen molar-refractivity contribution in [3.8, 4) is 11.1 Å². The average molecular weight is 392 g/mol. The molecule has 1 aromatic heterocycles. The van der Waals surface area contributed by atoms with E-state index in [1.165, 1.54) is 23.4 Å². The molecule has 1 saturated carbocycles. The van der Waals surface area contributed by atoms with Crippen molar-refractivity contribution in [2.45, 2.75) is 38.9 Å². The van der Waals surface area contributed by atoms with Gasteiger partial charge in [0.1, 0.15) is 11.4 Å². The number of rotatable bonds is 3. The first-order valence-electron chi connectivity index (χ1n) is 9.77. The predicted molar refractivity (Wildman–Crippen MR) is 109 cm³/mol. The van der Waals surface area contributed by atoms with Crippen molar-refractivity contribution >= 4 is 16.9 Å². The van der Waals surface area contributed by atoms with Crippen molar-refractivity contribution in [1.82, 2.24) is 9.47 Å². The number of carboxylic acids is 1. The maximum absolute atomic E-state index is 15.2. The lowest BCUT2D eigenvalue weighted by Crippen LogP contribution is -2.19. The topological polar surface area (TPSA) is 62.5 Å². The SMILES string of the molecule is Cc1c(-c2ccc3c(c2)CN(C)C3)c(F)cc2c(=O)c(C(=O)O)cn(C3CC3)c12. The molecule has 2 aliphatic rings. The zero-order chi connectivity index (χ0) is 20.4. The third kappa shape index (κ3) is 2.78. The Kier molecular flexibility index (Phi) is 3.90. The first-order chi connectivity index (χ1) is 13.8. The molecule has 1 N–H and O–H groups in total. The van der Waals surface area contributed by atoms with Crippen LogP contribution in [0.1, 0.15) is 45.9 Å². The summed E-state index contributed by atoms with van der Waals surface area (Å²) in [6.45, 7) is 3.53. The number of aromatic nitrogens is 1. The molecule has 0 radical (unpaired) electrons. The molecule has 6 heteroatoms. The number of carbonyl (C=O) groups is 1. The molecule has 1 fully saturated rings. The van der Waals surface area contributed by atoms with Crippen molar-refractivity contribution in [2.24, 2.45) is 0 Å². The molecule has 0 atom stereocenters. The van der Waals surface area contributed by atoms with Gasteiger partial charge in [0.2, 0.25) is 5.43 Å². The van der Waals surface area contributed by atoms with Gasteiger partial charge in [-0.3, -0.25) is 9.69 Å².